The van der Waals surface area contributed by atoms with Crippen molar-refractivity contribution in [2.45, 2.75) is 19.9 Å². The van der Waals surface area contributed by atoms with Gasteiger partial charge in [0.25, 0.3) is 5.78 Å². The average molecular weight is 547 g/mol. The summed E-state index contributed by atoms with van der Waals surface area (Å²) in [6.07, 6.45) is 0. The number of aromatic nitrogens is 1. The van der Waals surface area contributed by atoms with Crippen molar-refractivity contribution in [1.29, 1.82) is 0 Å². The molecule has 3 aromatic rings. The number of benzene rings is 2. The van der Waals surface area contributed by atoms with Crippen LogP contribution in [0.2, 0.25) is 10.0 Å². The molecule has 1 saturated heterocycles. The predicted octanol–water partition coefficient (Wildman–Crippen LogP) is 5.49. The Balaban J connectivity index is 1.97. The molecule has 8 nitrogen and oxygen atoms in total. The second kappa shape index (κ2) is 9.93. The van der Waals surface area contributed by atoms with Crippen LogP contribution >= 0.6 is 34.5 Å². The first kappa shape index (κ1) is 25.7. The number of hydrogen-bond acceptors (Lipinski definition) is 8. The standard InChI is InChI=1S/C25H20Cl2N2O6S/c1-11-9-13(5-8-17(11)34-3)20(30)18-19(15-7-6-14(26)10-16(15)27)29(23(32)21(18)31)25-28-12(2)22(36-25)24(33)35-4/h5-10,19,30H,1-4H3. The highest BCUT2D eigenvalue weighted by atomic mass is 35.5. The Bertz CT molecular complexity index is 1450. The van der Waals surface area contributed by atoms with Crippen molar-refractivity contribution >= 4 is 63.1 Å². The van der Waals surface area contributed by atoms with Crippen molar-refractivity contribution in [3.05, 3.63) is 79.3 Å². The van der Waals surface area contributed by atoms with E-state index < -0.39 is 23.7 Å². The van der Waals surface area contributed by atoms with Gasteiger partial charge in [-0.1, -0.05) is 40.6 Å². The zero-order chi connectivity index (χ0) is 26.3. The first-order valence-corrected chi connectivity index (χ1v) is 12.1. The van der Waals surface area contributed by atoms with Gasteiger partial charge in [-0.05, 0) is 55.3 Å². The lowest BCUT2D eigenvalue weighted by Crippen LogP contribution is -2.29. The van der Waals surface area contributed by atoms with Crippen LogP contribution in [-0.4, -0.2) is 42.0 Å². The number of aliphatic hydroxyl groups is 1. The second-order valence-corrected chi connectivity index (χ2v) is 9.74. The molecule has 2 aromatic carbocycles. The minimum Gasteiger partial charge on any atom is -0.507 e. The highest BCUT2D eigenvalue weighted by Gasteiger charge is 2.49. The van der Waals surface area contributed by atoms with Crippen molar-refractivity contribution in [1.82, 2.24) is 4.98 Å². The molecule has 1 fully saturated rings. The zero-order valence-corrected chi connectivity index (χ0v) is 21.9. The summed E-state index contributed by atoms with van der Waals surface area (Å²) >= 11 is 13.5. The summed E-state index contributed by atoms with van der Waals surface area (Å²) in [5.74, 6) is -2.27. The lowest BCUT2D eigenvalue weighted by atomic mass is 9.95. The van der Waals surface area contributed by atoms with E-state index in [1.54, 1.807) is 44.2 Å². The molecule has 2 heterocycles. The molecule has 11 heteroatoms. The number of nitrogens with zero attached hydrogens (tertiary/aromatic N) is 2. The molecule has 0 bridgehead atoms. The van der Waals surface area contributed by atoms with E-state index in [-0.39, 0.29) is 26.4 Å². The molecule has 36 heavy (non-hydrogen) atoms. The van der Waals surface area contributed by atoms with Crippen LogP contribution in [0.15, 0.2) is 42.0 Å². The van der Waals surface area contributed by atoms with Crippen molar-refractivity contribution in [2.24, 2.45) is 0 Å². The van der Waals surface area contributed by atoms with Crippen molar-refractivity contribution < 1.29 is 29.0 Å². The van der Waals surface area contributed by atoms with Gasteiger partial charge < -0.3 is 14.6 Å². The number of hydrogen-bond donors (Lipinski definition) is 1. The van der Waals surface area contributed by atoms with Gasteiger partial charge in [0.1, 0.15) is 16.4 Å². The molecule has 1 N–H and O–H groups in total. The summed E-state index contributed by atoms with van der Waals surface area (Å²) in [6, 6.07) is 8.35. The van der Waals surface area contributed by atoms with Gasteiger partial charge in [-0.15, -0.1) is 0 Å². The van der Waals surface area contributed by atoms with Gasteiger partial charge in [-0.25, -0.2) is 9.78 Å². The third kappa shape index (κ3) is 4.34. The van der Waals surface area contributed by atoms with E-state index in [0.29, 0.717) is 27.6 Å². The van der Waals surface area contributed by atoms with E-state index in [1.165, 1.54) is 20.3 Å². The van der Waals surface area contributed by atoms with E-state index in [9.17, 15) is 19.5 Å². The van der Waals surface area contributed by atoms with Gasteiger partial charge in [0, 0.05) is 15.6 Å². The Kier molecular flexibility index (Phi) is 7.08. The molecule has 0 radical (unpaired) electrons. The fourth-order valence-corrected chi connectivity index (χ4v) is 5.52. The summed E-state index contributed by atoms with van der Waals surface area (Å²) in [6.45, 7) is 3.38. The molecule has 0 aliphatic carbocycles. The number of aliphatic hydroxyl groups excluding tert-OH is 1. The number of anilines is 1. The fourth-order valence-electron chi connectivity index (χ4n) is 4.00. The van der Waals surface area contributed by atoms with Gasteiger partial charge in [-0.3, -0.25) is 14.5 Å². The number of esters is 1. The maximum Gasteiger partial charge on any atom is 0.350 e. The lowest BCUT2D eigenvalue weighted by Gasteiger charge is -2.24. The number of carbonyl (C=O) groups excluding carboxylic acids is 3. The number of Topliss-reactive ketones (excluding diaryl/α,β-unsaturated/α-hetero) is 1. The number of carbonyl (C=O) groups is 3. The molecule has 1 atom stereocenters. The number of methoxy groups -OCH3 is 2. The van der Waals surface area contributed by atoms with E-state index >= 15 is 0 Å². The molecule has 1 unspecified atom stereocenters. The van der Waals surface area contributed by atoms with Gasteiger partial charge in [-0.2, -0.15) is 0 Å². The molecule has 0 saturated carbocycles. The second-order valence-electron chi connectivity index (χ2n) is 7.92. The lowest BCUT2D eigenvalue weighted by molar-refractivity contribution is -0.132. The quantitative estimate of drug-likeness (QED) is 0.195. The van der Waals surface area contributed by atoms with Crippen LogP contribution < -0.4 is 9.64 Å². The smallest absolute Gasteiger partial charge is 0.350 e. The molecule has 186 valence electrons. The van der Waals surface area contributed by atoms with Crippen LogP contribution in [-0.2, 0) is 14.3 Å². The third-order valence-electron chi connectivity index (χ3n) is 5.73. The van der Waals surface area contributed by atoms with Gasteiger partial charge in [0.15, 0.2) is 5.13 Å². The van der Waals surface area contributed by atoms with Gasteiger partial charge >= 0.3 is 11.9 Å². The fraction of sp³-hybridized carbons (Fsp3) is 0.200. The molecule has 1 amide bonds. The summed E-state index contributed by atoms with van der Waals surface area (Å²) in [5, 5.41) is 11.9. The first-order valence-electron chi connectivity index (χ1n) is 10.6. The third-order valence-corrected chi connectivity index (χ3v) is 7.43. The minimum absolute atomic E-state index is 0.0796. The Labute approximate surface area is 220 Å². The molecular formula is C25H20Cl2N2O6S. The highest BCUT2D eigenvalue weighted by molar-refractivity contribution is 7.17. The van der Waals surface area contributed by atoms with Crippen molar-refractivity contribution in [3.63, 3.8) is 0 Å². The number of ether oxygens (including phenoxy) is 2. The summed E-state index contributed by atoms with van der Waals surface area (Å²) in [5.41, 5.74) is 1.53. The number of thiazole rings is 1. The number of aryl methyl sites for hydroxylation is 2. The van der Waals surface area contributed by atoms with Crippen LogP contribution in [0, 0.1) is 13.8 Å². The number of ketones is 1. The van der Waals surface area contributed by atoms with E-state index in [0.717, 1.165) is 21.8 Å². The average Bonchev–Trinajstić information content (AvgIpc) is 3.34. The molecule has 4 rings (SSSR count). The largest absolute Gasteiger partial charge is 0.507 e. The van der Waals surface area contributed by atoms with E-state index in [1.807, 2.05) is 0 Å². The Hall–Kier alpha value is -3.40. The van der Waals surface area contributed by atoms with E-state index in [4.69, 9.17) is 32.7 Å². The Morgan fingerprint density at radius 3 is 2.44 bits per heavy atom. The summed E-state index contributed by atoms with van der Waals surface area (Å²) in [7, 11) is 2.76. The molecule has 1 aliphatic heterocycles. The zero-order valence-electron chi connectivity index (χ0n) is 19.6. The van der Waals surface area contributed by atoms with Crippen molar-refractivity contribution in [2.75, 3.05) is 19.1 Å². The minimum atomic E-state index is -1.13. The van der Waals surface area contributed by atoms with Gasteiger partial charge in [0.05, 0.1) is 31.5 Å². The first-order chi connectivity index (χ1) is 17.1. The van der Waals surface area contributed by atoms with Gasteiger partial charge in [0.2, 0.25) is 0 Å². The topological polar surface area (TPSA) is 106 Å². The SMILES string of the molecule is COC(=O)c1sc(N2C(=O)C(=O)C(=C(O)c3ccc(OC)c(C)c3)C2c2ccc(Cl)cc2Cl)nc1C. The van der Waals surface area contributed by atoms with Crippen molar-refractivity contribution in [3.8, 4) is 5.75 Å². The molecule has 1 aromatic heterocycles. The molecule has 0 spiro atoms. The van der Waals surface area contributed by atoms with Crippen LogP contribution in [0.25, 0.3) is 5.76 Å². The van der Waals surface area contributed by atoms with Crippen LogP contribution in [0.5, 0.6) is 5.75 Å². The predicted molar refractivity (Wildman–Crippen MR) is 137 cm³/mol. The Morgan fingerprint density at radius 1 is 1.11 bits per heavy atom. The Morgan fingerprint density at radius 2 is 1.83 bits per heavy atom. The number of rotatable bonds is 5. The summed E-state index contributed by atoms with van der Waals surface area (Å²) in [4.78, 5) is 44.5. The normalized spacial score (nSPS) is 16.9. The molecule has 1 aliphatic rings. The van der Waals surface area contributed by atoms with Crippen LogP contribution in [0.1, 0.15) is 38.1 Å². The maximum absolute atomic E-state index is 13.3. The summed E-state index contributed by atoms with van der Waals surface area (Å²) < 4.78 is 10.1. The van der Waals surface area contributed by atoms with E-state index in [2.05, 4.69) is 4.98 Å². The highest BCUT2D eigenvalue weighted by Crippen LogP contribution is 2.46. The molecular weight excluding hydrogens is 527 g/mol. The van der Waals surface area contributed by atoms with Crippen LogP contribution in [0.4, 0.5) is 5.13 Å². The number of amides is 1. The monoisotopic (exact) mass is 546 g/mol. The van der Waals surface area contributed by atoms with Crippen LogP contribution in [0.3, 0.4) is 0 Å². The maximum atomic E-state index is 13.3. The number of halogens is 2.